The molecule has 0 spiro atoms. The molecule has 3 aromatic carbocycles. The highest BCUT2D eigenvalue weighted by molar-refractivity contribution is 7.71. The smallest absolute Gasteiger partial charge is 0.216 e. The summed E-state index contributed by atoms with van der Waals surface area (Å²) in [5, 5.41) is 11.4. The first-order valence-electron chi connectivity index (χ1n) is 10.7. The molecule has 0 saturated heterocycles. The third-order valence-electron chi connectivity index (χ3n) is 4.89. The maximum Gasteiger partial charge on any atom is 0.216 e. The number of H-pyrrole nitrogens is 1. The zero-order chi connectivity index (χ0) is 23.8. The van der Waals surface area contributed by atoms with Gasteiger partial charge in [-0.1, -0.05) is 30.3 Å². The number of nitrogens with zero attached hydrogens (tertiary/aromatic N) is 3. The molecule has 0 saturated carbocycles. The lowest BCUT2D eigenvalue weighted by atomic mass is 10.2. The van der Waals surface area contributed by atoms with Crippen LogP contribution in [0, 0.1) is 4.77 Å². The minimum absolute atomic E-state index is 0.392. The fourth-order valence-corrected chi connectivity index (χ4v) is 3.40. The molecule has 1 heterocycles. The zero-order valence-electron chi connectivity index (χ0n) is 18.9. The van der Waals surface area contributed by atoms with Gasteiger partial charge in [0.25, 0.3) is 0 Å². The highest BCUT2D eigenvalue weighted by atomic mass is 32.1. The van der Waals surface area contributed by atoms with E-state index in [-0.39, 0.29) is 0 Å². The monoisotopic (exact) mass is 475 g/mol. The summed E-state index contributed by atoms with van der Waals surface area (Å²) in [6.07, 6.45) is 1.67. The Morgan fingerprint density at radius 3 is 2.56 bits per heavy atom. The fraction of sp³-hybridized carbons (Fsp3) is 0.160. The van der Waals surface area contributed by atoms with Gasteiger partial charge in [-0.15, -0.1) is 0 Å². The lowest BCUT2D eigenvalue weighted by Gasteiger charge is -2.11. The van der Waals surface area contributed by atoms with Crippen molar-refractivity contribution in [1.82, 2.24) is 14.9 Å². The molecule has 8 nitrogen and oxygen atoms in total. The summed E-state index contributed by atoms with van der Waals surface area (Å²) in [6, 6.07) is 23.2. The molecule has 4 rings (SSSR count). The average molecular weight is 476 g/mol. The largest absolute Gasteiger partial charge is 0.494 e. The lowest BCUT2D eigenvalue weighted by molar-refractivity contribution is 0.284. The second-order valence-electron chi connectivity index (χ2n) is 7.19. The quantitative estimate of drug-likeness (QED) is 0.187. The summed E-state index contributed by atoms with van der Waals surface area (Å²) in [5.41, 5.74) is 5.70. The van der Waals surface area contributed by atoms with E-state index in [1.54, 1.807) is 18.0 Å². The number of hydrazone groups is 1. The van der Waals surface area contributed by atoms with Crippen molar-refractivity contribution in [3.8, 4) is 28.6 Å². The minimum Gasteiger partial charge on any atom is -0.494 e. The average Bonchev–Trinajstić information content (AvgIpc) is 3.24. The van der Waals surface area contributed by atoms with Gasteiger partial charge in [0.2, 0.25) is 4.77 Å². The number of aromatic amines is 1. The third kappa shape index (κ3) is 5.62. The Morgan fingerprint density at radius 2 is 1.82 bits per heavy atom. The minimum atomic E-state index is 0.392. The van der Waals surface area contributed by atoms with Crippen LogP contribution < -0.4 is 19.7 Å². The Balaban J connectivity index is 1.45. The van der Waals surface area contributed by atoms with Crippen LogP contribution in [0.1, 0.15) is 18.1 Å². The number of ether oxygens (including phenoxy) is 3. The van der Waals surface area contributed by atoms with E-state index in [1.807, 2.05) is 79.7 Å². The van der Waals surface area contributed by atoms with Crippen molar-refractivity contribution in [3.05, 3.63) is 88.7 Å². The van der Waals surface area contributed by atoms with Crippen molar-refractivity contribution in [1.29, 1.82) is 0 Å². The summed E-state index contributed by atoms with van der Waals surface area (Å²) in [6.45, 7) is 3.01. The Hall–Kier alpha value is -4.11. The molecule has 4 aromatic rings. The summed E-state index contributed by atoms with van der Waals surface area (Å²) >= 11 is 5.34. The van der Waals surface area contributed by atoms with E-state index in [0.29, 0.717) is 35.3 Å². The normalized spacial score (nSPS) is 10.9. The Labute approximate surface area is 202 Å². The maximum atomic E-state index is 5.91. The van der Waals surface area contributed by atoms with Gasteiger partial charge in [0.1, 0.15) is 12.4 Å². The van der Waals surface area contributed by atoms with E-state index in [1.165, 1.54) is 0 Å². The third-order valence-corrected chi connectivity index (χ3v) is 5.17. The van der Waals surface area contributed by atoms with Crippen LogP contribution in [-0.4, -0.2) is 34.8 Å². The molecule has 0 unspecified atom stereocenters. The van der Waals surface area contributed by atoms with Gasteiger partial charge >= 0.3 is 0 Å². The molecule has 9 heteroatoms. The number of hydrogen-bond acceptors (Lipinski definition) is 7. The molecule has 0 radical (unpaired) electrons. The van der Waals surface area contributed by atoms with Crippen molar-refractivity contribution >= 4 is 18.4 Å². The first-order chi connectivity index (χ1) is 16.7. The predicted octanol–water partition coefficient (Wildman–Crippen LogP) is 5.17. The van der Waals surface area contributed by atoms with E-state index in [4.69, 9.17) is 26.4 Å². The topological polar surface area (TPSA) is 85.7 Å². The van der Waals surface area contributed by atoms with Crippen LogP contribution >= 0.6 is 12.2 Å². The highest BCUT2D eigenvalue weighted by Gasteiger charge is 2.09. The first kappa shape index (κ1) is 23.1. The van der Waals surface area contributed by atoms with Crippen LogP contribution in [0.5, 0.6) is 17.2 Å². The van der Waals surface area contributed by atoms with E-state index >= 15 is 0 Å². The van der Waals surface area contributed by atoms with Crippen LogP contribution in [-0.2, 0) is 6.61 Å². The summed E-state index contributed by atoms with van der Waals surface area (Å²) in [5.74, 6) is 2.68. The number of nitrogens with one attached hydrogen (secondary N) is 2. The molecule has 1 aromatic heterocycles. The summed E-state index contributed by atoms with van der Waals surface area (Å²) in [7, 11) is 1.61. The van der Waals surface area contributed by atoms with Gasteiger partial charge in [0, 0.05) is 5.56 Å². The molecule has 0 bridgehead atoms. The summed E-state index contributed by atoms with van der Waals surface area (Å²) < 4.78 is 18.9. The SMILES string of the molecule is CCOc1ccc(-c2n[nH]c(=S)n2N/N=C\c2ccc(OCc3ccccc3)c(OC)c2)cc1. The van der Waals surface area contributed by atoms with Crippen molar-refractivity contribution in [2.45, 2.75) is 13.5 Å². The van der Waals surface area contributed by atoms with Crippen molar-refractivity contribution in [2.75, 3.05) is 19.3 Å². The van der Waals surface area contributed by atoms with Crippen molar-refractivity contribution < 1.29 is 14.2 Å². The van der Waals surface area contributed by atoms with E-state index in [9.17, 15) is 0 Å². The second-order valence-corrected chi connectivity index (χ2v) is 7.57. The zero-order valence-corrected chi connectivity index (χ0v) is 19.7. The van der Waals surface area contributed by atoms with E-state index in [2.05, 4.69) is 20.8 Å². The number of benzene rings is 3. The van der Waals surface area contributed by atoms with Gasteiger partial charge in [-0.3, -0.25) is 0 Å². The van der Waals surface area contributed by atoms with Gasteiger partial charge in [0.15, 0.2) is 17.3 Å². The van der Waals surface area contributed by atoms with Crippen LogP contribution in [0.2, 0.25) is 0 Å². The van der Waals surface area contributed by atoms with Gasteiger partial charge in [-0.25, -0.2) is 10.6 Å². The lowest BCUT2D eigenvalue weighted by Crippen LogP contribution is -2.10. The van der Waals surface area contributed by atoms with Gasteiger partial charge in [0.05, 0.1) is 19.9 Å². The number of rotatable bonds is 10. The van der Waals surface area contributed by atoms with Gasteiger partial charge in [-0.2, -0.15) is 14.9 Å². The van der Waals surface area contributed by atoms with Crippen LogP contribution in [0.25, 0.3) is 11.4 Å². The highest BCUT2D eigenvalue weighted by Crippen LogP contribution is 2.28. The molecule has 0 atom stereocenters. The number of aromatic nitrogens is 3. The van der Waals surface area contributed by atoms with Crippen LogP contribution in [0.4, 0.5) is 0 Å². The first-order valence-corrected chi connectivity index (χ1v) is 11.1. The Morgan fingerprint density at radius 1 is 1.03 bits per heavy atom. The van der Waals surface area contributed by atoms with Crippen molar-refractivity contribution in [3.63, 3.8) is 0 Å². The standard InChI is InChI=1S/C25H25N5O3S/c1-3-32-21-12-10-20(11-13-21)24-27-28-25(34)30(24)29-26-16-19-9-14-22(23(15-19)31-2)33-17-18-7-5-4-6-8-18/h4-16,29H,3,17H2,1-2H3,(H,28,34)/b26-16-. The molecule has 0 aliphatic carbocycles. The molecule has 0 aliphatic rings. The van der Waals surface area contributed by atoms with E-state index in [0.717, 1.165) is 22.4 Å². The molecule has 2 N–H and O–H groups in total. The Bertz CT molecular complexity index is 1300. The molecule has 0 fully saturated rings. The van der Waals surface area contributed by atoms with E-state index < -0.39 is 0 Å². The fourth-order valence-electron chi connectivity index (χ4n) is 3.23. The molecular formula is C25H25N5O3S. The second kappa shape index (κ2) is 11.2. The molecule has 174 valence electrons. The molecule has 0 aliphatic heterocycles. The van der Waals surface area contributed by atoms with Crippen LogP contribution in [0.3, 0.4) is 0 Å². The Kier molecular flexibility index (Phi) is 7.56. The number of methoxy groups -OCH3 is 1. The maximum absolute atomic E-state index is 5.91. The predicted molar refractivity (Wildman–Crippen MR) is 135 cm³/mol. The molecule has 0 amide bonds. The van der Waals surface area contributed by atoms with Crippen molar-refractivity contribution in [2.24, 2.45) is 5.10 Å². The summed E-state index contributed by atoms with van der Waals surface area (Å²) in [4.78, 5) is 0. The van der Waals surface area contributed by atoms with Crippen LogP contribution in [0.15, 0.2) is 77.9 Å². The van der Waals surface area contributed by atoms with Gasteiger partial charge in [-0.05, 0) is 72.7 Å². The van der Waals surface area contributed by atoms with Gasteiger partial charge < -0.3 is 14.2 Å². The molecule has 34 heavy (non-hydrogen) atoms. The number of hydrogen-bond donors (Lipinski definition) is 2. The molecular weight excluding hydrogens is 450 g/mol.